The molecule has 0 bridgehead atoms. The van der Waals surface area contributed by atoms with Crippen LogP contribution in [-0.4, -0.2) is 23.5 Å². The fraction of sp³-hybridized carbons (Fsp3) is 0.286. The number of carbonyl (C=O) groups excluding carboxylic acids is 1. The van der Waals surface area contributed by atoms with Crippen molar-refractivity contribution in [2.75, 3.05) is 6.61 Å². The third kappa shape index (κ3) is 2.70. The smallest absolute Gasteiger partial charge is 0.357 e. The standard InChI is InChI=1S/C7H10N4O2S/c1-2-13-5(12)4-3-14-7(10-4)11-6(8)9/h3H,2H2,1H3,(H4,8,9,10,11). The molecule has 0 saturated carbocycles. The van der Waals surface area contributed by atoms with Gasteiger partial charge in [0.1, 0.15) is 0 Å². The van der Waals surface area contributed by atoms with Crippen molar-refractivity contribution in [1.82, 2.24) is 4.98 Å². The lowest BCUT2D eigenvalue weighted by molar-refractivity contribution is 0.0520. The van der Waals surface area contributed by atoms with Crippen molar-refractivity contribution in [3.8, 4) is 0 Å². The number of carbonyl (C=O) groups is 1. The molecule has 0 aliphatic carbocycles. The van der Waals surface area contributed by atoms with Gasteiger partial charge in [-0.25, -0.2) is 9.78 Å². The molecule has 1 aromatic rings. The summed E-state index contributed by atoms with van der Waals surface area (Å²) >= 11 is 1.17. The number of hydrogen-bond donors (Lipinski definition) is 2. The lowest BCUT2D eigenvalue weighted by Gasteiger charge is -1.95. The van der Waals surface area contributed by atoms with Gasteiger partial charge in [-0.05, 0) is 6.92 Å². The summed E-state index contributed by atoms with van der Waals surface area (Å²) in [4.78, 5) is 18.7. The number of nitrogens with zero attached hydrogens (tertiary/aromatic N) is 2. The maximum absolute atomic E-state index is 11.2. The van der Waals surface area contributed by atoms with Gasteiger partial charge in [0.15, 0.2) is 11.7 Å². The zero-order chi connectivity index (χ0) is 10.6. The van der Waals surface area contributed by atoms with Crippen molar-refractivity contribution in [3.63, 3.8) is 0 Å². The summed E-state index contributed by atoms with van der Waals surface area (Å²) in [5.41, 5.74) is 10.5. The van der Waals surface area contributed by atoms with E-state index in [0.29, 0.717) is 11.7 Å². The van der Waals surface area contributed by atoms with Gasteiger partial charge in [0.2, 0.25) is 5.13 Å². The maximum Gasteiger partial charge on any atom is 0.357 e. The second-order valence-electron chi connectivity index (χ2n) is 2.27. The Morgan fingerprint density at radius 1 is 1.71 bits per heavy atom. The molecule has 7 heteroatoms. The number of hydrogen-bond acceptors (Lipinski definition) is 5. The van der Waals surface area contributed by atoms with Crippen LogP contribution >= 0.6 is 11.3 Å². The molecule has 0 amide bonds. The molecule has 0 saturated heterocycles. The average Bonchev–Trinajstić information content (AvgIpc) is 2.52. The monoisotopic (exact) mass is 214 g/mol. The molecule has 14 heavy (non-hydrogen) atoms. The zero-order valence-corrected chi connectivity index (χ0v) is 8.37. The van der Waals surface area contributed by atoms with Crippen LogP contribution in [0.5, 0.6) is 0 Å². The highest BCUT2D eigenvalue weighted by Crippen LogP contribution is 2.18. The highest BCUT2D eigenvalue weighted by Gasteiger charge is 2.10. The Labute approximate surface area is 84.6 Å². The van der Waals surface area contributed by atoms with Crippen LogP contribution in [0.2, 0.25) is 0 Å². The topological polar surface area (TPSA) is 104 Å². The minimum atomic E-state index is -0.471. The third-order valence-corrected chi connectivity index (χ3v) is 1.94. The maximum atomic E-state index is 11.2. The minimum absolute atomic E-state index is 0.0882. The molecule has 76 valence electrons. The van der Waals surface area contributed by atoms with Crippen molar-refractivity contribution in [1.29, 1.82) is 0 Å². The largest absolute Gasteiger partial charge is 0.461 e. The van der Waals surface area contributed by atoms with Crippen molar-refractivity contribution in [2.24, 2.45) is 16.5 Å². The number of aliphatic imine (C=N–C) groups is 1. The van der Waals surface area contributed by atoms with E-state index in [-0.39, 0.29) is 11.7 Å². The highest BCUT2D eigenvalue weighted by atomic mass is 32.1. The molecule has 0 aliphatic heterocycles. The Hall–Kier alpha value is -1.63. The van der Waals surface area contributed by atoms with Crippen molar-refractivity contribution >= 4 is 28.4 Å². The van der Waals surface area contributed by atoms with Gasteiger partial charge in [-0.2, -0.15) is 4.99 Å². The van der Waals surface area contributed by atoms with Crippen LogP contribution in [0.1, 0.15) is 17.4 Å². The highest BCUT2D eigenvalue weighted by molar-refractivity contribution is 7.13. The molecule has 1 heterocycles. The van der Waals surface area contributed by atoms with Gasteiger partial charge < -0.3 is 16.2 Å². The second kappa shape index (κ2) is 4.56. The first-order valence-corrected chi connectivity index (χ1v) is 4.73. The Morgan fingerprint density at radius 2 is 2.43 bits per heavy atom. The minimum Gasteiger partial charge on any atom is -0.461 e. The first-order chi connectivity index (χ1) is 6.63. The van der Waals surface area contributed by atoms with E-state index in [9.17, 15) is 4.79 Å². The van der Waals surface area contributed by atoms with Gasteiger partial charge in [-0.1, -0.05) is 0 Å². The molecule has 1 aromatic heterocycles. The predicted octanol–water partition coefficient (Wildman–Crippen LogP) is 0.225. The fourth-order valence-corrected chi connectivity index (χ4v) is 1.40. The van der Waals surface area contributed by atoms with E-state index in [4.69, 9.17) is 16.2 Å². The van der Waals surface area contributed by atoms with Gasteiger partial charge in [-0.3, -0.25) is 0 Å². The molecule has 0 aliphatic rings. The second-order valence-corrected chi connectivity index (χ2v) is 3.11. The summed E-state index contributed by atoms with van der Waals surface area (Å²) in [5, 5.41) is 1.88. The number of guanidine groups is 1. The van der Waals surface area contributed by atoms with Gasteiger partial charge in [0.25, 0.3) is 0 Å². The summed E-state index contributed by atoms with van der Waals surface area (Å²) in [5.74, 6) is -0.560. The van der Waals surface area contributed by atoms with E-state index in [1.807, 2.05) is 0 Å². The van der Waals surface area contributed by atoms with Gasteiger partial charge in [-0.15, -0.1) is 11.3 Å². The molecule has 0 aromatic carbocycles. The van der Waals surface area contributed by atoms with E-state index >= 15 is 0 Å². The summed E-state index contributed by atoms with van der Waals surface area (Å²) in [6.07, 6.45) is 0. The van der Waals surface area contributed by atoms with Crippen molar-refractivity contribution in [2.45, 2.75) is 6.92 Å². The number of esters is 1. The van der Waals surface area contributed by atoms with Crippen molar-refractivity contribution < 1.29 is 9.53 Å². The molecule has 6 nitrogen and oxygen atoms in total. The first-order valence-electron chi connectivity index (χ1n) is 3.85. The molecular weight excluding hydrogens is 204 g/mol. The molecular formula is C7H10N4O2S. The summed E-state index contributed by atoms with van der Waals surface area (Å²) in [7, 11) is 0. The number of ether oxygens (including phenoxy) is 1. The third-order valence-electron chi connectivity index (χ3n) is 1.20. The molecule has 0 radical (unpaired) electrons. The summed E-state index contributed by atoms with van der Waals surface area (Å²) < 4.78 is 4.74. The molecule has 4 N–H and O–H groups in total. The first kappa shape index (κ1) is 10.5. The quantitative estimate of drug-likeness (QED) is 0.425. The predicted molar refractivity (Wildman–Crippen MR) is 53.5 cm³/mol. The van der Waals surface area contributed by atoms with E-state index < -0.39 is 5.97 Å². The van der Waals surface area contributed by atoms with Crippen LogP contribution in [-0.2, 0) is 4.74 Å². The lowest BCUT2D eigenvalue weighted by Crippen LogP contribution is -2.21. The fourth-order valence-electron chi connectivity index (χ4n) is 0.725. The summed E-state index contributed by atoms with van der Waals surface area (Å²) in [6, 6.07) is 0. The lowest BCUT2D eigenvalue weighted by atomic mass is 10.5. The van der Waals surface area contributed by atoms with E-state index in [1.54, 1.807) is 12.3 Å². The van der Waals surface area contributed by atoms with Crippen LogP contribution in [0.3, 0.4) is 0 Å². The summed E-state index contributed by atoms with van der Waals surface area (Å²) in [6.45, 7) is 2.04. The van der Waals surface area contributed by atoms with Crippen molar-refractivity contribution in [3.05, 3.63) is 11.1 Å². The number of thiazole rings is 1. The Bertz CT molecular complexity index is 356. The average molecular weight is 214 g/mol. The Kier molecular flexibility index (Phi) is 3.41. The van der Waals surface area contributed by atoms with E-state index in [2.05, 4.69) is 9.98 Å². The molecule has 0 unspecified atom stereocenters. The van der Waals surface area contributed by atoms with Gasteiger partial charge in [0, 0.05) is 5.38 Å². The number of rotatable bonds is 3. The molecule has 0 atom stereocenters. The molecule has 1 rings (SSSR count). The van der Waals surface area contributed by atoms with Crippen LogP contribution in [0.15, 0.2) is 10.4 Å². The van der Waals surface area contributed by atoms with Crippen LogP contribution in [0.25, 0.3) is 0 Å². The normalized spacial score (nSPS) is 9.50. The number of nitrogens with two attached hydrogens (primary N) is 2. The Balaban J connectivity index is 2.78. The van der Waals surface area contributed by atoms with Crippen LogP contribution in [0, 0.1) is 0 Å². The molecule has 0 spiro atoms. The Morgan fingerprint density at radius 3 is 3.00 bits per heavy atom. The molecule has 0 fully saturated rings. The van der Waals surface area contributed by atoms with Crippen LogP contribution < -0.4 is 11.5 Å². The van der Waals surface area contributed by atoms with Gasteiger partial charge in [0.05, 0.1) is 6.61 Å². The zero-order valence-electron chi connectivity index (χ0n) is 7.56. The van der Waals surface area contributed by atoms with Crippen LogP contribution in [0.4, 0.5) is 5.13 Å². The number of aromatic nitrogens is 1. The van der Waals surface area contributed by atoms with E-state index in [0.717, 1.165) is 0 Å². The van der Waals surface area contributed by atoms with E-state index in [1.165, 1.54) is 11.3 Å². The van der Waals surface area contributed by atoms with Gasteiger partial charge >= 0.3 is 5.97 Å². The SMILES string of the molecule is CCOC(=O)c1csc(N=C(N)N)n1.